The molecule has 2 saturated heterocycles. The standard InChI is InChI=1S/C28H32ClN7OS/c1-2-10-33-13-15-34(16-14-33)23-8-6-20(17-22(23)29)24-19-30-26-9-7-21(32-36(24)26)18-25-27(37)31-28(38-25)35-11-4-3-5-12-35/h6-9,17-19H,2-5,10-16H2,1H3. The molecule has 0 saturated carbocycles. The number of piperazine rings is 1. The predicted molar refractivity (Wildman–Crippen MR) is 156 cm³/mol. The number of carbonyl (C=O) groups excluding carboxylic acids is 1. The largest absolute Gasteiger partial charge is 0.368 e. The molecule has 1 amide bonds. The fraction of sp³-hybridized carbons (Fsp3) is 0.429. The summed E-state index contributed by atoms with van der Waals surface area (Å²) in [5.74, 6) is -0.193. The molecule has 6 rings (SSSR count). The number of aliphatic imine (C=N–C) groups is 1. The predicted octanol–water partition coefficient (Wildman–Crippen LogP) is 5.04. The first-order chi connectivity index (χ1) is 18.6. The fourth-order valence-corrected chi connectivity index (χ4v) is 6.61. The lowest BCUT2D eigenvalue weighted by Gasteiger charge is -2.36. The summed E-state index contributed by atoms with van der Waals surface area (Å²) in [6.45, 7) is 9.39. The van der Waals surface area contributed by atoms with Crippen molar-refractivity contribution in [3.05, 3.63) is 52.2 Å². The van der Waals surface area contributed by atoms with Gasteiger partial charge in [0, 0.05) is 44.8 Å². The number of hydrogen-bond donors (Lipinski definition) is 0. The quantitative estimate of drug-likeness (QED) is 0.413. The number of piperidine rings is 1. The van der Waals surface area contributed by atoms with E-state index in [0.717, 1.165) is 91.4 Å². The number of aromatic nitrogens is 3. The molecule has 5 heterocycles. The Balaban J connectivity index is 1.22. The maximum Gasteiger partial charge on any atom is 0.286 e. The van der Waals surface area contributed by atoms with Gasteiger partial charge in [-0.05, 0) is 74.3 Å². The summed E-state index contributed by atoms with van der Waals surface area (Å²) in [7, 11) is 0. The number of nitrogens with zero attached hydrogens (tertiary/aromatic N) is 7. The third-order valence-corrected chi connectivity index (χ3v) is 8.74. The zero-order valence-corrected chi connectivity index (χ0v) is 23.2. The average molecular weight is 550 g/mol. The van der Waals surface area contributed by atoms with Crippen LogP contribution in [0.15, 0.2) is 46.4 Å². The molecule has 8 nitrogen and oxygen atoms in total. The molecule has 0 aliphatic carbocycles. The van der Waals surface area contributed by atoms with Gasteiger partial charge in [-0.25, -0.2) is 9.50 Å². The van der Waals surface area contributed by atoms with Crippen LogP contribution in [0.1, 0.15) is 38.3 Å². The molecular formula is C28H32ClN7OS. The highest BCUT2D eigenvalue weighted by atomic mass is 35.5. The van der Waals surface area contributed by atoms with Crippen molar-refractivity contribution >= 4 is 51.8 Å². The smallest absolute Gasteiger partial charge is 0.286 e. The summed E-state index contributed by atoms with van der Waals surface area (Å²) in [4.78, 5) is 29.2. The highest BCUT2D eigenvalue weighted by molar-refractivity contribution is 8.18. The summed E-state index contributed by atoms with van der Waals surface area (Å²) in [6.07, 6.45) is 8.37. The van der Waals surface area contributed by atoms with Crippen molar-refractivity contribution in [2.45, 2.75) is 32.6 Å². The molecule has 1 aromatic carbocycles. The van der Waals surface area contributed by atoms with Gasteiger partial charge in [-0.15, -0.1) is 0 Å². The van der Waals surface area contributed by atoms with Crippen molar-refractivity contribution in [3.63, 3.8) is 0 Å². The molecule has 3 aromatic rings. The van der Waals surface area contributed by atoms with Gasteiger partial charge in [0.1, 0.15) is 0 Å². The lowest BCUT2D eigenvalue weighted by atomic mass is 10.1. The first-order valence-corrected chi connectivity index (χ1v) is 14.7. The van der Waals surface area contributed by atoms with Crippen molar-refractivity contribution in [1.82, 2.24) is 24.4 Å². The molecule has 3 aliphatic rings. The monoisotopic (exact) mass is 549 g/mol. The van der Waals surface area contributed by atoms with Crippen LogP contribution in [0, 0.1) is 0 Å². The molecule has 10 heteroatoms. The van der Waals surface area contributed by atoms with Gasteiger partial charge in [-0.3, -0.25) is 9.69 Å². The second-order valence-electron chi connectivity index (χ2n) is 10.0. The number of amides is 1. The molecule has 0 spiro atoms. The van der Waals surface area contributed by atoms with Gasteiger partial charge >= 0.3 is 0 Å². The number of imidazole rings is 1. The van der Waals surface area contributed by atoms with Crippen molar-refractivity contribution in [1.29, 1.82) is 0 Å². The minimum absolute atomic E-state index is 0.193. The van der Waals surface area contributed by atoms with Crippen molar-refractivity contribution < 1.29 is 4.79 Å². The van der Waals surface area contributed by atoms with Crippen LogP contribution in [0.2, 0.25) is 5.02 Å². The molecule has 0 N–H and O–H groups in total. The second-order valence-corrected chi connectivity index (χ2v) is 11.4. The summed E-state index contributed by atoms with van der Waals surface area (Å²) in [5.41, 5.74) is 4.31. The minimum atomic E-state index is -0.193. The van der Waals surface area contributed by atoms with Crippen molar-refractivity contribution in [2.24, 2.45) is 4.99 Å². The third kappa shape index (κ3) is 5.19. The van der Waals surface area contributed by atoms with Gasteiger partial charge in [-0.1, -0.05) is 24.6 Å². The number of hydrogen-bond acceptors (Lipinski definition) is 7. The van der Waals surface area contributed by atoms with Gasteiger partial charge in [-0.2, -0.15) is 10.1 Å². The molecule has 0 atom stereocenters. The molecule has 0 bridgehead atoms. The van der Waals surface area contributed by atoms with Crippen molar-refractivity contribution in [2.75, 3.05) is 50.7 Å². The zero-order chi connectivity index (χ0) is 26.1. The Morgan fingerprint density at radius 3 is 2.58 bits per heavy atom. The molecule has 2 fully saturated rings. The van der Waals surface area contributed by atoms with Crippen LogP contribution in [0.3, 0.4) is 0 Å². The number of anilines is 1. The first kappa shape index (κ1) is 25.4. The normalized spacial score (nSPS) is 20.1. The van der Waals surface area contributed by atoms with Gasteiger partial charge in [0.05, 0.1) is 33.2 Å². The summed E-state index contributed by atoms with van der Waals surface area (Å²) in [6, 6.07) is 10.0. The SMILES string of the molecule is CCCN1CCN(c2ccc(-c3cnc4ccc(C=C5SC(N6CCCCC6)=NC5=O)nn34)cc2Cl)CC1. The van der Waals surface area contributed by atoms with Crippen LogP contribution in [0.5, 0.6) is 0 Å². The Morgan fingerprint density at radius 2 is 1.82 bits per heavy atom. The molecule has 2 aromatic heterocycles. The minimum Gasteiger partial charge on any atom is -0.368 e. The summed E-state index contributed by atoms with van der Waals surface area (Å²) in [5, 5.41) is 6.35. The Labute approximate surface area is 232 Å². The lowest BCUT2D eigenvalue weighted by Crippen LogP contribution is -2.46. The Bertz CT molecular complexity index is 1400. The van der Waals surface area contributed by atoms with E-state index in [9.17, 15) is 4.79 Å². The van der Waals surface area contributed by atoms with Crippen LogP contribution >= 0.6 is 23.4 Å². The lowest BCUT2D eigenvalue weighted by molar-refractivity contribution is -0.113. The first-order valence-electron chi connectivity index (χ1n) is 13.5. The number of thioether (sulfide) groups is 1. The fourth-order valence-electron chi connectivity index (χ4n) is 5.37. The van der Waals surface area contributed by atoms with Crippen LogP contribution in [0.25, 0.3) is 23.0 Å². The zero-order valence-electron chi connectivity index (χ0n) is 21.6. The maximum atomic E-state index is 12.6. The van der Waals surface area contributed by atoms with E-state index in [2.05, 4.69) is 43.7 Å². The van der Waals surface area contributed by atoms with Gasteiger partial charge in [0.15, 0.2) is 10.8 Å². The molecule has 0 radical (unpaired) electrons. The van der Waals surface area contributed by atoms with E-state index >= 15 is 0 Å². The van der Waals surface area contributed by atoms with E-state index in [1.165, 1.54) is 24.6 Å². The molecule has 38 heavy (non-hydrogen) atoms. The summed E-state index contributed by atoms with van der Waals surface area (Å²) >= 11 is 8.24. The van der Waals surface area contributed by atoms with Crippen LogP contribution < -0.4 is 4.90 Å². The Kier molecular flexibility index (Phi) is 7.41. The van der Waals surface area contributed by atoms with Crippen molar-refractivity contribution in [3.8, 4) is 11.3 Å². The van der Waals surface area contributed by atoms with E-state index in [1.807, 2.05) is 35.0 Å². The number of amidine groups is 1. The van der Waals surface area contributed by atoms with E-state index in [4.69, 9.17) is 16.7 Å². The van der Waals surface area contributed by atoms with E-state index in [1.54, 1.807) is 0 Å². The highest BCUT2D eigenvalue weighted by Gasteiger charge is 2.27. The molecular weight excluding hydrogens is 518 g/mol. The van der Waals surface area contributed by atoms with E-state index < -0.39 is 0 Å². The number of fused-ring (bicyclic) bond motifs is 1. The number of halogens is 1. The summed E-state index contributed by atoms with van der Waals surface area (Å²) < 4.78 is 1.82. The Morgan fingerprint density at radius 1 is 1.00 bits per heavy atom. The number of carbonyl (C=O) groups is 1. The molecule has 0 unspecified atom stereocenters. The number of benzene rings is 1. The van der Waals surface area contributed by atoms with Gasteiger partial charge in [0.25, 0.3) is 5.91 Å². The average Bonchev–Trinajstić information content (AvgIpc) is 3.53. The van der Waals surface area contributed by atoms with Crippen LogP contribution in [0.4, 0.5) is 5.69 Å². The highest BCUT2D eigenvalue weighted by Crippen LogP contribution is 2.33. The van der Waals surface area contributed by atoms with Gasteiger partial charge in [0.2, 0.25) is 0 Å². The molecule has 198 valence electrons. The number of likely N-dealkylation sites (tertiary alicyclic amines) is 1. The van der Waals surface area contributed by atoms with E-state index in [0.29, 0.717) is 10.6 Å². The second kappa shape index (κ2) is 11.1. The van der Waals surface area contributed by atoms with Gasteiger partial charge < -0.3 is 9.80 Å². The topological polar surface area (TPSA) is 69.3 Å². The van der Waals surface area contributed by atoms with Crippen LogP contribution in [-0.4, -0.2) is 81.3 Å². The Hall–Kier alpha value is -2.88. The third-order valence-electron chi connectivity index (χ3n) is 7.39. The van der Waals surface area contributed by atoms with Crippen LogP contribution in [-0.2, 0) is 4.79 Å². The van der Waals surface area contributed by atoms with E-state index in [-0.39, 0.29) is 5.91 Å². The molecule has 3 aliphatic heterocycles. The maximum absolute atomic E-state index is 12.6. The number of rotatable bonds is 5.